The summed E-state index contributed by atoms with van der Waals surface area (Å²) >= 11 is 3.19. The van der Waals surface area contributed by atoms with Crippen molar-refractivity contribution in [1.29, 1.82) is 0 Å². The van der Waals surface area contributed by atoms with Gasteiger partial charge in [-0.1, -0.05) is 30.3 Å². The minimum absolute atomic E-state index is 0.248. The van der Waals surface area contributed by atoms with E-state index in [1.54, 1.807) is 11.0 Å². The minimum atomic E-state index is -0.363. The molecule has 0 fully saturated rings. The van der Waals surface area contributed by atoms with Gasteiger partial charge in [-0.25, -0.2) is 9.18 Å². The van der Waals surface area contributed by atoms with Crippen LogP contribution in [0.4, 0.5) is 9.18 Å². The van der Waals surface area contributed by atoms with Gasteiger partial charge in [0.05, 0.1) is 4.47 Å². The van der Waals surface area contributed by atoms with Crippen LogP contribution in [0.1, 0.15) is 16.7 Å². The topological polar surface area (TPSA) is 29.5 Å². The summed E-state index contributed by atoms with van der Waals surface area (Å²) in [4.78, 5) is 13.7. The molecule has 0 spiro atoms. The molecule has 1 aliphatic heterocycles. The first kappa shape index (κ1) is 15.0. The number of carbonyl (C=O) groups excluding carboxylic acids is 1. The monoisotopic (exact) mass is 363 g/mol. The number of hydrogen-bond acceptors (Lipinski definition) is 2. The van der Waals surface area contributed by atoms with Gasteiger partial charge >= 0.3 is 6.09 Å². The molecule has 1 heterocycles. The summed E-state index contributed by atoms with van der Waals surface area (Å²) in [6.45, 7) is 1.21. The van der Waals surface area contributed by atoms with Crippen LogP contribution in [-0.2, 0) is 24.3 Å². The number of ether oxygens (including phenoxy) is 1. The van der Waals surface area contributed by atoms with Gasteiger partial charge in [-0.2, -0.15) is 0 Å². The Hall–Kier alpha value is -1.88. The Morgan fingerprint density at radius 3 is 2.77 bits per heavy atom. The van der Waals surface area contributed by atoms with E-state index in [4.69, 9.17) is 4.74 Å². The van der Waals surface area contributed by atoms with E-state index >= 15 is 0 Å². The smallest absolute Gasteiger partial charge is 0.410 e. The van der Waals surface area contributed by atoms with E-state index in [9.17, 15) is 9.18 Å². The second kappa shape index (κ2) is 6.48. The van der Waals surface area contributed by atoms with Crippen LogP contribution >= 0.6 is 15.9 Å². The lowest BCUT2D eigenvalue weighted by Crippen LogP contribution is -2.36. The molecule has 0 bridgehead atoms. The summed E-state index contributed by atoms with van der Waals surface area (Å²) in [5, 5.41) is 0. The van der Waals surface area contributed by atoms with Crippen LogP contribution in [0.25, 0.3) is 0 Å². The molecule has 0 aliphatic carbocycles. The fraction of sp³-hybridized carbons (Fsp3) is 0.235. The highest BCUT2D eigenvalue weighted by Crippen LogP contribution is 2.26. The van der Waals surface area contributed by atoms with E-state index in [1.807, 2.05) is 30.3 Å². The first-order valence-electron chi connectivity index (χ1n) is 7.06. The highest BCUT2D eigenvalue weighted by molar-refractivity contribution is 9.10. The normalized spacial score (nSPS) is 13.6. The molecule has 3 rings (SSSR count). The average Bonchev–Trinajstić information content (AvgIpc) is 2.54. The largest absolute Gasteiger partial charge is 0.445 e. The van der Waals surface area contributed by atoms with E-state index in [0.717, 1.165) is 16.7 Å². The third kappa shape index (κ3) is 3.30. The Balaban J connectivity index is 1.64. The summed E-state index contributed by atoms with van der Waals surface area (Å²) in [6, 6.07) is 12.8. The van der Waals surface area contributed by atoms with Crippen LogP contribution in [0.15, 0.2) is 46.9 Å². The molecule has 2 aromatic rings. The molecule has 1 aliphatic rings. The standard InChI is InChI=1S/C17H15BrFNO2/c18-15-8-13-6-7-20(10-14(13)9-16(15)19)17(21)22-11-12-4-2-1-3-5-12/h1-5,8-9H,6-7,10-11H2. The molecular weight excluding hydrogens is 349 g/mol. The first-order valence-corrected chi connectivity index (χ1v) is 7.85. The van der Waals surface area contributed by atoms with Gasteiger partial charge in [-0.05, 0) is 51.2 Å². The van der Waals surface area contributed by atoms with E-state index in [1.165, 1.54) is 6.07 Å². The van der Waals surface area contributed by atoms with Crippen molar-refractivity contribution in [3.8, 4) is 0 Å². The highest BCUT2D eigenvalue weighted by atomic mass is 79.9. The van der Waals surface area contributed by atoms with Crippen molar-refractivity contribution in [1.82, 2.24) is 4.90 Å². The van der Waals surface area contributed by atoms with E-state index in [2.05, 4.69) is 15.9 Å². The molecule has 0 saturated heterocycles. The third-order valence-corrected chi connectivity index (χ3v) is 4.33. The van der Waals surface area contributed by atoms with Crippen LogP contribution in [0.3, 0.4) is 0 Å². The van der Waals surface area contributed by atoms with Gasteiger partial charge in [-0.3, -0.25) is 0 Å². The number of fused-ring (bicyclic) bond motifs is 1. The number of rotatable bonds is 2. The average molecular weight is 364 g/mol. The van der Waals surface area contributed by atoms with Crippen LogP contribution in [-0.4, -0.2) is 17.5 Å². The highest BCUT2D eigenvalue weighted by Gasteiger charge is 2.23. The van der Waals surface area contributed by atoms with Gasteiger partial charge in [0.15, 0.2) is 0 Å². The molecule has 2 aromatic carbocycles. The fourth-order valence-electron chi connectivity index (χ4n) is 2.52. The van der Waals surface area contributed by atoms with Gasteiger partial charge in [-0.15, -0.1) is 0 Å². The first-order chi connectivity index (χ1) is 10.6. The molecule has 22 heavy (non-hydrogen) atoms. The molecule has 1 amide bonds. The Morgan fingerprint density at radius 1 is 1.23 bits per heavy atom. The minimum Gasteiger partial charge on any atom is -0.445 e. The van der Waals surface area contributed by atoms with Gasteiger partial charge in [0.1, 0.15) is 12.4 Å². The number of amides is 1. The molecule has 0 radical (unpaired) electrons. The zero-order valence-electron chi connectivity index (χ0n) is 11.9. The second-order valence-electron chi connectivity index (χ2n) is 5.25. The quantitative estimate of drug-likeness (QED) is 0.796. The predicted octanol–water partition coefficient (Wildman–Crippen LogP) is 4.28. The Kier molecular flexibility index (Phi) is 4.43. The van der Waals surface area contributed by atoms with Crippen molar-refractivity contribution in [2.75, 3.05) is 6.54 Å². The van der Waals surface area contributed by atoms with Crippen molar-refractivity contribution in [3.05, 3.63) is 69.4 Å². The molecule has 114 valence electrons. The van der Waals surface area contributed by atoms with Crippen molar-refractivity contribution in [2.24, 2.45) is 0 Å². The van der Waals surface area contributed by atoms with Gasteiger partial charge in [0, 0.05) is 13.1 Å². The van der Waals surface area contributed by atoms with Gasteiger partial charge in [0.25, 0.3) is 0 Å². The molecule has 5 heteroatoms. The SMILES string of the molecule is O=C(OCc1ccccc1)N1CCc2cc(Br)c(F)cc2C1. The van der Waals surface area contributed by atoms with E-state index in [0.29, 0.717) is 24.0 Å². The zero-order valence-corrected chi connectivity index (χ0v) is 13.5. The number of benzene rings is 2. The number of nitrogens with zero attached hydrogens (tertiary/aromatic N) is 1. The summed E-state index contributed by atoms with van der Waals surface area (Å²) in [5.41, 5.74) is 2.85. The maximum atomic E-state index is 13.6. The molecule has 0 aromatic heterocycles. The third-order valence-electron chi connectivity index (χ3n) is 3.72. The fourth-order valence-corrected chi connectivity index (χ4v) is 2.91. The summed E-state index contributed by atoms with van der Waals surface area (Å²) in [7, 11) is 0. The Bertz CT molecular complexity index is 691. The number of halogens is 2. The molecule has 0 saturated carbocycles. The van der Waals surface area contributed by atoms with Crippen LogP contribution in [0.5, 0.6) is 0 Å². The van der Waals surface area contributed by atoms with E-state index < -0.39 is 0 Å². The number of hydrogen-bond donors (Lipinski definition) is 0. The van der Waals surface area contributed by atoms with Crippen LogP contribution in [0, 0.1) is 5.82 Å². The molecule has 0 N–H and O–H groups in total. The maximum absolute atomic E-state index is 13.6. The van der Waals surface area contributed by atoms with Crippen LogP contribution < -0.4 is 0 Å². The Morgan fingerprint density at radius 2 is 2.00 bits per heavy atom. The summed E-state index contributed by atoms with van der Waals surface area (Å²) < 4.78 is 19.4. The maximum Gasteiger partial charge on any atom is 0.410 e. The van der Waals surface area contributed by atoms with Crippen molar-refractivity contribution in [2.45, 2.75) is 19.6 Å². The van der Waals surface area contributed by atoms with Gasteiger partial charge in [0.2, 0.25) is 0 Å². The summed E-state index contributed by atoms with van der Waals surface area (Å²) in [6.07, 6.45) is 0.340. The molecule has 0 atom stereocenters. The number of carbonyl (C=O) groups is 1. The van der Waals surface area contributed by atoms with Crippen LogP contribution in [0.2, 0.25) is 0 Å². The lowest BCUT2D eigenvalue weighted by Gasteiger charge is -2.28. The van der Waals surface area contributed by atoms with Gasteiger partial charge < -0.3 is 9.64 Å². The molecule has 3 nitrogen and oxygen atoms in total. The van der Waals surface area contributed by atoms with Crippen molar-refractivity contribution >= 4 is 22.0 Å². The summed E-state index contributed by atoms with van der Waals surface area (Å²) in [5.74, 6) is -0.307. The molecular formula is C17H15BrFNO2. The van der Waals surface area contributed by atoms with Crippen molar-refractivity contribution < 1.29 is 13.9 Å². The Labute approximate surface area is 136 Å². The van der Waals surface area contributed by atoms with E-state index in [-0.39, 0.29) is 18.5 Å². The zero-order chi connectivity index (χ0) is 15.5. The van der Waals surface area contributed by atoms with Crippen molar-refractivity contribution in [3.63, 3.8) is 0 Å². The molecule has 0 unspecified atom stereocenters. The second-order valence-corrected chi connectivity index (χ2v) is 6.10. The lowest BCUT2D eigenvalue weighted by molar-refractivity contribution is 0.0918. The lowest BCUT2D eigenvalue weighted by atomic mass is 10.00. The predicted molar refractivity (Wildman–Crippen MR) is 84.8 cm³/mol.